The minimum absolute atomic E-state index is 0.103. The Hall–Kier alpha value is -2.96. The number of carbonyl (C=O) groups is 1. The van der Waals surface area contributed by atoms with Gasteiger partial charge in [-0.15, -0.1) is 0 Å². The summed E-state index contributed by atoms with van der Waals surface area (Å²) in [5.41, 5.74) is 2.13. The smallest absolute Gasteiger partial charge is 0.226 e. The minimum Gasteiger partial charge on any atom is -0.353 e. The SMILES string of the molecule is Cc1ccc(-c2noc(CCCC(=O)NC3CCC(n4cccn4)CC3)n2)cc1. The van der Waals surface area contributed by atoms with Gasteiger partial charge in [-0.2, -0.15) is 10.1 Å². The van der Waals surface area contributed by atoms with Crippen LogP contribution in [0.2, 0.25) is 0 Å². The number of aromatic nitrogens is 4. The Kier molecular flexibility index (Phi) is 6.03. The van der Waals surface area contributed by atoms with Gasteiger partial charge in [0.05, 0.1) is 6.04 Å². The van der Waals surface area contributed by atoms with E-state index in [1.54, 1.807) is 0 Å². The number of carbonyl (C=O) groups excluding carboxylic acids is 1. The van der Waals surface area contributed by atoms with Crippen LogP contribution in [-0.4, -0.2) is 31.9 Å². The summed E-state index contributed by atoms with van der Waals surface area (Å²) in [5, 5.41) is 11.5. The molecule has 2 heterocycles. The number of benzene rings is 1. The Morgan fingerprint density at radius 2 is 2.00 bits per heavy atom. The molecule has 0 saturated heterocycles. The van der Waals surface area contributed by atoms with Crippen LogP contribution in [0, 0.1) is 6.92 Å². The van der Waals surface area contributed by atoms with Crippen LogP contribution in [0.4, 0.5) is 0 Å². The van der Waals surface area contributed by atoms with E-state index < -0.39 is 0 Å². The molecular weight excluding hydrogens is 366 g/mol. The zero-order valence-corrected chi connectivity index (χ0v) is 16.8. The van der Waals surface area contributed by atoms with Crippen LogP contribution in [-0.2, 0) is 11.2 Å². The Balaban J connectivity index is 1.17. The Morgan fingerprint density at radius 1 is 1.21 bits per heavy atom. The first kappa shape index (κ1) is 19.4. The van der Waals surface area contributed by atoms with E-state index in [4.69, 9.17) is 4.52 Å². The molecule has 1 aliphatic rings. The molecule has 29 heavy (non-hydrogen) atoms. The number of amides is 1. The molecule has 1 fully saturated rings. The maximum Gasteiger partial charge on any atom is 0.226 e. The molecule has 0 aliphatic heterocycles. The van der Waals surface area contributed by atoms with Gasteiger partial charge in [0.2, 0.25) is 17.6 Å². The Labute approximate surface area is 170 Å². The Morgan fingerprint density at radius 3 is 2.72 bits per heavy atom. The van der Waals surface area contributed by atoms with E-state index in [1.807, 2.05) is 54.3 Å². The maximum absolute atomic E-state index is 12.3. The standard InChI is InChI=1S/C22H27N5O2/c1-16-6-8-17(9-7-16)22-25-21(29-26-22)5-2-4-20(28)24-18-10-12-19(13-11-18)27-15-3-14-23-27/h3,6-9,14-15,18-19H,2,4-5,10-13H2,1H3,(H,24,28). The predicted octanol–water partition coefficient (Wildman–Crippen LogP) is 3.86. The van der Waals surface area contributed by atoms with Gasteiger partial charge in [-0.1, -0.05) is 35.0 Å². The van der Waals surface area contributed by atoms with Crippen molar-refractivity contribution in [2.24, 2.45) is 0 Å². The van der Waals surface area contributed by atoms with Crippen LogP contribution in [0.1, 0.15) is 56.0 Å². The molecule has 1 amide bonds. The van der Waals surface area contributed by atoms with Gasteiger partial charge < -0.3 is 9.84 Å². The largest absolute Gasteiger partial charge is 0.353 e. The van der Waals surface area contributed by atoms with E-state index in [0.717, 1.165) is 31.2 Å². The fourth-order valence-corrected chi connectivity index (χ4v) is 3.86. The van der Waals surface area contributed by atoms with Gasteiger partial charge >= 0.3 is 0 Å². The topological polar surface area (TPSA) is 85.8 Å². The molecule has 7 heteroatoms. The van der Waals surface area contributed by atoms with Crippen molar-refractivity contribution < 1.29 is 9.32 Å². The van der Waals surface area contributed by atoms with E-state index in [0.29, 0.717) is 37.0 Å². The van der Waals surface area contributed by atoms with Crippen molar-refractivity contribution in [2.75, 3.05) is 0 Å². The zero-order valence-electron chi connectivity index (χ0n) is 16.8. The van der Waals surface area contributed by atoms with Crippen molar-refractivity contribution >= 4 is 5.91 Å². The average Bonchev–Trinajstić information content (AvgIpc) is 3.42. The summed E-state index contributed by atoms with van der Waals surface area (Å²) in [7, 11) is 0. The highest BCUT2D eigenvalue weighted by Gasteiger charge is 2.23. The number of rotatable bonds is 7. The summed E-state index contributed by atoms with van der Waals surface area (Å²) < 4.78 is 7.36. The highest BCUT2D eigenvalue weighted by atomic mass is 16.5. The number of aryl methyl sites for hydroxylation is 2. The molecule has 3 aromatic rings. The van der Waals surface area contributed by atoms with Gasteiger partial charge in [0, 0.05) is 36.8 Å². The molecule has 152 valence electrons. The lowest BCUT2D eigenvalue weighted by Crippen LogP contribution is -2.38. The van der Waals surface area contributed by atoms with E-state index in [1.165, 1.54) is 5.56 Å². The monoisotopic (exact) mass is 393 g/mol. The lowest BCUT2D eigenvalue weighted by atomic mass is 9.91. The van der Waals surface area contributed by atoms with Gasteiger partial charge in [0.15, 0.2) is 0 Å². The molecule has 7 nitrogen and oxygen atoms in total. The van der Waals surface area contributed by atoms with Gasteiger partial charge in [-0.3, -0.25) is 9.48 Å². The second-order valence-corrected chi connectivity index (χ2v) is 7.79. The van der Waals surface area contributed by atoms with E-state index in [-0.39, 0.29) is 11.9 Å². The summed E-state index contributed by atoms with van der Waals surface area (Å²) in [6.45, 7) is 2.04. The fraction of sp³-hybridized carbons (Fsp3) is 0.455. The van der Waals surface area contributed by atoms with Crippen LogP contribution in [0.3, 0.4) is 0 Å². The van der Waals surface area contributed by atoms with Crippen LogP contribution >= 0.6 is 0 Å². The van der Waals surface area contributed by atoms with Crippen LogP contribution in [0.25, 0.3) is 11.4 Å². The fourth-order valence-electron chi connectivity index (χ4n) is 3.86. The average molecular weight is 393 g/mol. The number of hydrogen-bond acceptors (Lipinski definition) is 5. The minimum atomic E-state index is 0.103. The molecule has 4 rings (SSSR count). The molecule has 0 unspecified atom stereocenters. The van der Waals surface area contributed by atoms with Crippen LogP contribution in [0.15, 0.2) is 47.2 Å². The van der Waals surface area contributed by atoms with Gasteiger partial charge in [0.1, 0.15) is 0 Å². The highest BCUT2D eigenvalue weighted by molar-refractivity contribution is 5.76. The molecule has 1 aromatic carbocycles. The van der Waals surface area contributed by atoms with E-state index >= 15 is 0 Å². The summed E-state index contributed by atoms with van der Waals surface area (Å²) in [4.78, 5) is 16.7. The van der Waals surface area contributed by atoms with E-state index in [9.17, 15) is 4.79 Å². The molecule has 0 radical (unpaired) electrons. The molecule has 0 bridgehead atoms. The van der Waals surface area contributed by atoms with Crippen molar-refractivity contribution in [3.05, 3.63) is 54.2 Å². The van der Waals surface area contributed by atoms with Crippen molar-refractivity contribution in [3.63, 3.8) is 0 Å². The summed E-state index contributed by atoms with van der Waals surface area (Å²) in [6, 6.07) is 10.7. The van der Waals surface area contributed by atoms with Gasteiger partial charge in [0.25, 0.3) is 0 Å². The second kappa shape index (κ2) is 9.03. The third-order valence-corrected chi connectivity index (χ3v) is 5.53. The highest BCUT2D eigenvalue weighted by Crippen LogP contribution is 2.27. The first-order chi connectivity index (χ1) is 14.2. The van der Waals surface area contributed by atoms with Crippen LogP contribution in [0.5, 0.6) is 0 Å². The van der Waals surface area contributed by atoms with Crippen molar-refractivity contribution in [1.29, 1.82) is 0 Å². The predicted molar refractivity (Wildman–Crippen MR) is 109 cm³/mol. The molecule has 1 aliphatic carbocycles. The third kappa shape index (κ3) is 5.10. The first-order valence-corrected chi connectivity index (χ1v) is 10.4. The summed E-state index contributed by atoms with van der Waals surface area (Å²) in [5.74, 6) is 1.28. The molecule has 0 spiro atoms. The van der Waals surface area contributed by atoms with Crippen molar-refractivity contribution in [3.8, 4) is 11.4 Å². The second-order valence-electron chi connectivity index (χ2n) is 7.79. The molecular formula is C22H27N5O2. The number of nitrogens with zero attached hydrogens (tertiary/aromatic N) is 4. The normalized spacial score (nSPS) is 19.2. The molecule has 2 aromatic heterocycles. The maximum atomic E-state index is 12.3. The number of nitrogens with one attached hydrogen (secondary N) is 1. The quantitative estimate of drug-likeness (QED) is 0.659. The molecule has 0 atom stereocenters. The lowest BCUT2D eigenvalue weighted by Gasteiger charge is -2.29. The first-order valence-electron chi connectivity index (χ1n) is 10.4. The number of hydrogen-bond donors (Lipinski definition) is 1. The van der Waals surface area contributed by atoms with Crippen molar-refractivity contribution in [1.82, 2.24) is 25.2 Å². The van der Waals surface area contributed by atoms with E-state index in [2.05, 4.69) is 20.6 Å². The third-order valence-electron chi connectivity index (χ3n) is 5.53. The van der Waals surface area contributed by atoms with Crippen LogP contribution < -0.4 is 5.32 Å². The zero-order chi connectivity index (χ0) is 20.1. The lowest BCUT2D eigenvalue weighted by molar-refractivity contribution is -0.122. The summed E-state index contributed by atoms with van der Waals surface area (Å²) in [6.07, 6.45) is 9.72. The van der Waals surface area contributed by atoms with Gasteiger partial charge in [-0.25, -0.2) is 0 Å². The summed E-state index contributed by atoms with van der Waals surface area (Å²) >= 11 is 0. The Bertz CT molecular complexity index is 909. The van der Waals surface area contributed by atoms with Gasteiger partial charge in [-0.05, 0) is 45.1 Å². The molecule has 1 saturated carbocycles. The van der Waals surface area contributed by atoms with Crippen molar-refractivity contribution in [2.45, 2.75) is 64.0 Å². The molecule has 1 N–H and O–H groups in total.